The van der Waals surface area contributed by atoms with Crippen LogP contribution in [-0.2, 0) is 16.6 Å². The van der Waals surface area contributed by atoms with Crippen LogP contribution in [0, 0.1) is 22.9 Å². The smallest absolute Gasteiger partial charge is 0.270 e. The maximum Gasteiger partial charge on any atom is 0.270 e. The van der Waals surface area contributed by atoms with E-state index in [1.807, 2.05) is 6.92 Å². The van der Waals surface area contributed by atoms with E-state index >= 15 is 0 Å². The monoisotopic (exact) mass is 437 g/mol. The van der Waals surface area contributed by atoms with Gasteiger partial charge in [0.2, 0.25) is 10.0 Å². The summed E-state index contributed by atoms with van der Waals surface area (Å²) in [4.78, 5) is 14.4. The van der Waals surface area contributed by atoms with Gasteiger partial charge in [-0.15, -0.1) is 0 Å². The van der Waals surface area contributed by atoms with Crippen molar-refractivity contribution in [2.75, 3.05) is 19.6 Å². The van der Waals surface area contributed by atoms with E-state index < -0.39 is 14.9 Å². The fourth-order valence-electron chi connectivity index (χ4n) is 2.53. The second kappa shape index (κ2) is 10.6. The van der Waals surface area contributed by atoms with Crippen molar-refractivity contribution in [1.82, 2.24) is 15.4 Å². The van der Waals surface area contributed by atoms with Crippen molar-refractivity contribution in [3.8, 4) is 0 Å². The first-order chi connectivity index (χ1) is 14.2. The predicted molar refractivity (Wildman–Crippen MR) is 112 cm³/mol. The number of nitrogens with zero attached hydrogens (tertiary/aromatic N) is 2. The van der Waals surface area contributed by atoms with Crippen LogP contribution in [0.3, 0.4) is 0 Å². The van der Waals surface area contributed by atoms with Crippen LogP contribution < -0.4 is 15.4 Å². The third-order valence-electron chi connectivity index (χ3n) is 4.03. The van der Waals surface area contributed by atoms with Gasteiger partial charge >= 0.3 is 0 Å². The van der Waals surface area contributed by atoms with Crippen LogP contribution in [0.2, 0.25) is 0 Å². The lowest BCUT2D eigenvalue weighted by molar-refractivity contribution is -0.385. The Hall–Kier alpha value is -3.05. The lowest BCUT2D eigenvalue weighted by Gasteiger charge is -2.12. The van der Waals surface area contributed by atoms with Crippen molar-refractivity contribution in [2.24, 2.45) is 4.99 Å². The number of nitro benzene ring substituents is 1. The van der Waals surface area contributed by atoms with Gasteiger partial charge in [-0.3, -0.25) is 10.1 Å². The molecule has 0 unspecified atom stereocenters. The van der Waals surface area contributed by atoms with Crippen molar-refractivity contribution in [3.63, 3.8) is 0 Å². The van der Waals surface area contributed by atoms with Crippen LogP contribution >= 0.6 is 0 Å². The maximum atomic E-state index is 13.4. The van der Waals surface area contributed by atoms with Crippen LogP contribution in [-0.4, -0.2) is 38.9 Å². The molecule has 2 rings (SSSR count). The van der Waals surface area contributed by atoms with E-state index in [1.165, 1.54) is 24.3 Å². The highest BCUT2D eigenvalue weighted by atomic mass is 32.2. The highest BCUT2D eigenvalue weighted by molar-refractivity contribution is 7.89. The third-order valence-corrected chi connectivity index (χ3v) is 5.49. The molecule has 0 saturated heterocycles. The molecule has 9 nitrogen and oxygen atoms in total. The van der Waals surface area contributed by atoms with Crippen molar-refractivity contribution in [2.45, 2.75) is 25.3 Å². The minimum atomic E-state index is -3.88. The lowest BCUT2D eigenvalue weighted by atomic mass is 10.1. The third kappa shape index (κ3) is 6.78. The first kappa shape index (κ1) is 23.2. The topological polar surface area (TPSA) is 126 Å². The van der Waals surface area contributed by atoms with E-state index in [0.29, 0.717) is 24.6 Å². The van der Waals surface area contributed by atoms with Gasteiger partial charge in [0.05, 0.1) is 16.4 Å². The molecule has 2 aromatic carbocycles. The molecule has 0 atom stereocenters. The summed E-state index contributed by atoms with van der Waals surface area (Å²) < 4.78 is 40.4. The fraction of sp³-hybridized carbons (Fsp3) is 0.316. The summed E-state index contributed by atoms with van der Waals surface area (Å²) >= 11 is 0. The van der Waals surface area contributed by atoms with Crippen LogP contribution in [0.4, 0.5) is 10.1 Å². The van der Waals surface area contributed by atoms with E-state index in [9.17, 15) is 22.9 Å². The van der Waals surface area contributed by atoms with Gasteiger partial charge < -0.3 is 10.6 Å². The number of hydrogen-bond donors (Lipinski definition) is 3. The Morgan fingerprint density at radius 3 is 2.60 bits per heavy atom. The molecule has 162 valence electrons. The Kier molecular flexibility index (Phi) is 8.25. The molecule has 0 bridgehead atoms. The predicted octanol–water partition coefficient (Wildman–Crippen LogP) is 2.08. The standard InChI is InChI=1S/C19H24FN5O4S/c1-3-21-19(23-13-15-7-8-18(20)14(2)11-15)22-9-10-24-30(28,29)17-6-4-5-16(12-17)25(26)27/h4-8,11-12,24H,3,9-10,13H2,1-2H3,(H2,21,22,23). The number of halogens is 1. The van der Waals surface area contributed by atoms with Gasteiger partial charge in [-0.05, 0) is 37.1 Å². The Balaban J connectivity index is 1.92. The molecule has 0 aliphatic heterocycles. The molecule has 0 aliphatic carbocycles. The van der Waals surface area contributed by atoms with Gasteiger partial charge in [-0.2, -0.15) is 0 Å². The van der Waals surface area contributed by atoms with Gasteiger partial charge in [-0.1, -0.05) is 18.2 Å². The zero-order valence-corrected chi connectivity index (χ0v) is 17.5. The molecule has 30 heavy (non-hydrogen) atoms. The van der Waals surface area contributed by atoms with Gasteiger partial charge in [0.25, 0.3) is 5.69 Å². The number of guanidine groups is 1. The number of nitrogens with one attached hydrogen (secondary N) is 3. The van der Waals surface area contributed by atoms with Crippen molar-refractivity contribution < 1.29 is 17.7 Å². The van der Waals surface area contributed by atoms with Crippen LogP contribution in [0.1, 0.15) is 18.1 Å². The molecule has 0 amide bonds. The fourth-order valence-corrected chi connectivity index (χ4v) is 3.60. The van der Waals surface area contributed by atoms with Gasteiger partial charge in [0.1, 0.15) is 5.82 Å². The SMILES string of the molecule is CCNC(=NCc1ccc(F)c(C)c1)NCCNS(=O)(=O)c1cccc([N+](=O)[O-])c1. The molecule has 11 heteroatoms. The van der Waals surface area contributed by atoms with Gasteiger partial charge in [-0.25, -0.2) is 22.5 Å². The molecule has 0 saturated carbocycles. The van der Waals surface area contributed by atoms with E-state index in [1.54, 1.807) is 19.1 Å². The summed E-state index contributed by atoms with van der Waals surface area (Å²) in [7, 11) is -3.88. The van der Waals surface area contributed by atoms with Gasteiger partial charge in [0, 0.05) is 31.8 Å². The number of rotatable bonds is 9. The van der Waals surface area contributed by atoms with E-state index in [0.717, 1.165) is 11.6 Å². The van der Waals surface area contributed by atoms with E-state index in [4.69, 9.17) is 0 Å². The largest absolute Gasteiger partial charge is 0.357 e. The van der Waals surface area contributed by atoms with Crippen molar-refractivity contribution >= 4 is 21.7 Å². The molecule has 0 spiro atoms. The molecule has 0 aromatic heterocycles. The molecule has 0 radical (unpaired) electrons. The first-order valence-electron chi connectivity index (χ1n) is 9.24. The van der Waals surface area contributed by atoms with E-state index in [-0.39, 0.29) is 29.5 Å². The number of benzene rings is 2. The summed E-state index contributed by atoms with van der Waals surface area (Å²) in [6.45, 7) is 4.79. The second-order valence-electron chi connectivity index (χ2n) is 6.36. The average Bonchev–Trinajstić information content (AvgIpc) is 2.71. The molecule has 0 fully saturated rings. The Labute approximate surface area is 174 Å². The molecular weight excluding hydrogens is 413 g/mol. The minimum absolute atomic E-state index is 0.0467. The zero-order chi connectivity index (χ0) is 22.1. The second-order valence-corrected chi connectivity index (χ2v) is 8.12. The summed E-state index contributed by atoms with van der Waals surface area (Å²) in [5.74, 6) is 0.206. The normalized spacial score (nSPS) is 11.9. The lowest BCUT2D eigenvalue weighted by Crippen LogP contribution is -2.41. The number of sulfonamides is 1. The van der Waals surface area contributed by atoms with Crippen molar-refractivity contribution in [1.29, 1.82) is 0 Å². The number of hydrogen-bond acceptors (Lipinski definition) is 5. The summed E-state index contributed by atoms with van der Waals surface area (Å²) in [6, 6.07) is 9.60. The number of non-ortho nitro benzene ring substituents is 1. The molecule has 2 aromatic rings. The molecular formula is C19H24FN5O4S. The minimum Gasteiger partial charge on any atom is -0.357 e. The Morgan fingerprint density at radius 2 is 1.93 bits per heavy atom. The highest BCUT2D eigenvalue weighted by Crippen LogP contribution is 2.16. The number of aliphatic imine (C=N–C) groups is 1. The number of aryl methyl sites for hydroxylation is 1. The van der Waals surface area contributed by atoms with Crippen LogP contribution in [0.25, 0.3) is 0 Å². The Bertz CT molecular complexity index is 1030. The van der Waals surface area contributed by atoms with Crippen LogP contribution in [0.15, 0.2) is 52.4 Å². The van der Waals surface area contributed by atoms with Crippen molar-refractivity contribution in [3.05, 3.63) is 69.5 Å². The first-order valence-corrected chi connectivity index (χ1v) is 10.7. The summed E-state index contributed by atoms with van der Waals surface area (Å²) in [5.41, 5.74) is 1.09. The molecule has 0 aliphatic rings. The zero-order valence-electron chi connectivity index (χ0n) is 16.7. The summed E-state index contributed by atoms with van der Waals surface area (Å²) in [6.07, 6.45) is 0. The number of nitro groups is 1. The molecule has 3 N–H and O–H groups in total. The molecule has 0 heterocycles. The van der Waals surface area contributed by atoms with E-state index in [2.05, 4.69) is 20.3 Å². The van der Waals surface area contributed by atoms with Crippen LogP contribution in [0.5, 0.6) is 0 Å². The highest BCUT2D eigenvalue weighted by Gasteiger charge is 2.17. The maximum absolute atomic E-state index is 13.4. The Morgan fingerprint density at radius 1 is 1.17 bits per heavy atom. The summed E-state index contributed by atoms with van der Waals surface area (Å²) in [5, 5.41) is 16.9. The quantitative estimate of drug-likeness (QED) is 0.181. The van der Waals surface area contributed by atoms with Gasteiger partial charge in [0.15, 0.2) is 5.96 Å². The average molecular weight is 437 g/mol.